The lowest BCUT2D eigenvalue weighted by Crippen LogP contribution is -2.35. The zero-order valence-electron chi connectivity index (χ0n) is 18.2. The fourth-order valence-electron chi connectivity index (χ4n) is 3.05. The molecule has 0 spiro atoms. The van der Waals surface area contributed by atoms with Gasteiger partial charge in [0.2, 0.25) is 5.91 Å². The number of rotatable bonds is 8. The number of urea groups is 1. The van der Waals surface area contributed by atoms with E-state index in [0.29, 0.717) is 29.0 Å². The Bertz CT molecular complexity index is 1140. The van der Waals surface area contributed by atoms with Gasteiger partial charge in [-0.3, -0.25) is 14.7 Å². The van der Waals surface area contributed by atoms with E-state index in [9.17, 15) is 9.59 Å². The third-order valence-corrected chi connectivity index (χ3v) is 5.78. The number of nitrogens with one attached hydrogen (secondary N) is 2. The number of para-hydroxylation sites is 1. The molecule has 2 N–H and O–H groups in total. The number of carbonyl (C=O) groups excluding carboxylic acids is 2. The van der Waals surface area contributed by atoms with Crippen molar-refractivity contribution in [1.82, 2.24) is 20.1 Å². The lowest BCUT2D eigenvalue weighted by molar-refractivity contribution is -0.117. The van der Waals surface area contributed by atoms with Crippen molar-refractivity contribution in [3.05, 3.63) is 66.2 Å². The van der Waals surface area contributed by atoms with Crippen LogP contribution in [-0.2, 0) is 11.3 Å². The summed E-state index contributed by atoms with van der Waals surface area (Å²) in [7, 11) is 1.59. The van der Waals surface area contributed by atoms with Crippen LogP contribution in [0.1, 0.15) is 11.1 Å². The summed E-state index contributed by atoms with van der Waals surface area (Å²) in [6.07, 6.45) is 1.73. The number of aromatic nitrogens is 3. The summed E-state index contributed by atoms with van der Waals surface area (Å²) in [4.78, 5) is 24.5. The quantitative estimate of drug-likeness (QED) is 0.394. The normalized spacial score (nSPS) is 10.5. The maximum absolute atomic E-state index is 12.3. The summed E-state index contributed by atoms with van der Waals surface area (Å²) < 4.78 is 7.27. The lowest BCUT2D eigenvalue weighted by atomic mass is 10.1. The number of carbonyl (C=O) groups is 2. The Morgan fingerprint density at radius 2 is 1.94 bits per heavy atom. The summed E-state index contributed by atoms with van der Waals surface area (Å²) in [6.45, 7) is 8.12. The van der Waals surface area contributed by atoms with Crippen LogP contribution in [0.5, 0.6) is 5.75 Å². The van der Waals surface area contributed by atoms with E-state index in [2.05, 4.69) is 27.4 Å². The highest BCUT2D eigenvalue weighted by Crippen LogP contribution is 2.30. The van der Waals surface area contributed by atoms with Crippen LogP contribution < -0.4 is 15.4 Å². The van der Waals surface area contributed by atoms with Crippen LogP contribution in [0.25, 0.3) is 11.4 Å². The van der Waals surface area contributed by atoms with Gasteiger partial charge in [0.15, 0.2) is 11.0 Å². The van der Waals surface area contributed by atoms with E-state index in [1.807, 2.05) is 54.8 Å². The molecule has 2 aromatic carbocycles. The average Bonchev–Trinajstić information content (AvgIpc) is 3.18. The fraction of sp³-hybridized carbons (Fsp3) is 0.217. The molecule has 0 aliphatic rings. The molecule has 0 radical (unpaired) electrons. The Hall–Kier alpha value is -3.59. The number of ether oxygens (including phenoxy) is 1. The van der Waals surface area contributed by atoms with Gasteiger partial charge in [0.05, 0.1) is 18.4 Å². The van der Waals surface area contributed by atoms with Crippen molar-refractivity contribution < 1.29 is 14.3 Å². The molecule has 0 saturated heterocycles. The van der Waals surface area contributed by atoms with Crippen molar-refractivity contribution in [2.75, 3.05) is 18.2 Å². The summed E-state index contributed by atoms with van der Waals surface area (Å²) in [5.41, 5.74) is 3.45. The third-order valence-electron chi connectivity index (χ3n) is 4.81. The Morgan fingerprint density at radius 3 is 2.69 bits per heavy atom. The Labute approximate surface area is 191 Å². The first-order chi connectivity index (χ1) is 15.4. The number of nitrogens with zero attached hydrogens (tertiary/aromatic N) is 3. The first kappa shape index (κ1) is 23.1. The Kier molecular flexibility index (Phi) is 7.67. The highest BCUT2D eigenvalue weighted by molar-refractivity contribution is 7.99. The monoisotopic (exact) mass is 451 g/mol. The maximum atomic E-state index is 12.3. The summed E-state index contributed by atoms with van der Waals surface area (Å²) in [5, 5.41) is 14.1. The minimum atomic E-state index is -0.577. The smallest absolute Gasteiger partial charge is 0.325 e. The maximum Gasteiger partial charge on any atom is 0.325 e. The van der Waals surface area contributed by atoms with Gasteiger partial charge in [-0.25, -0.2) is 4.79 Å². The number of amides is 3. The van der Waals surface area contributed by atoms with Crippen LogP contribution in [0.2, 0.25) is 0 Å². The molecule has 0 fully saturated rings. The highest BCUT2D eigenvalue weighted by Gasteiger charge is 2.18. The second-order valence-electron chi connectivity index (χ2n) is 6.94. The summed E-state index contributed by atoms with van der Waals surface area (Å²) in [5.74, 6) is 0.840. The zero-order valence-corrected chi connectivity index (χ0v) is 19.0. The number of aryl methyl sites for hydroxylation is 1. The topological polar surface area (TPSA) is 98.1 Å². The molecule has 0 atom stereocenters. The van der Waals surface area contributed by atoms with E-state index in [1.54, 1.807) is 19.3 Å². The van der Waals surface area contributed by atoms with Crippen molar-refractivity contribution in [2.45, 2.75) is 25.5 Å². The molecule has 3 amide bonds. The predicted octanol–water partition coefficient (Wildman–Crippen LogP) is 4.20. The summed E-state index contributed by atoms with van der Waals surface area (Å²) >= 11 is 1.19. The van der Waals surface area contributed by atoms with Crippen molar-refractivity contribution in [3.63, 3.8) is 0 Å². The SMILES string of the molecule is C=CCn1c(SCC(=O)NC(=O)Nc2cccc(C)c2C)nnc1-c1ccccc1OC. The van der Waals surface area contributed by atoms with Crippen LogP contribution >= 0.6 is 11.8 Å². The highest BCUT2D eigenvalue weighted by atomic mass is 32.2. The minimum Gasteiger partial charge on any atom is -0.496 e. The average molecular weight is 452 g/mol. The van der Waals surface area contributed by atoms with Crippen LogP contribution in [0.3, 0.4) is 0 Å². The van der Waals surface area contributed by atoms with Gasteiger partial charge < -0.3 is 10.1 Å². The molecule has 3 rings (SSSR count). The van der Waals surface area contributed by atoms with Gasteiger partial charge in [0.1, 0.15) is 5.75 Å². The van der Waals surface area contributed by atoms with E-state index in [-0.39, 0.29) is 5.75 Å². The first-order valence-electron chi connectivity index (χ1n) is 9.92. The Morgan fingerprint density at radius 1 is 1.16 bits per heavy atom. The number of imide groups is 1. The molecule has 0 saturated carbocycles. The lowest BCUT2D eigenvalue weighted by Gasteiger charge is -2.11. The van der Waals surface area contributed by atoms with Gasteiger partial charge in [-0.15, -0.1) is 16.8 Å². The third kappa shape index (κ3) is 5.36. The molecule has 1 aromatic heterocycles. The molecule has 0 aliphatic heterocycles. The van der Waals surface area contributed by atoms with Crippen molar-refractivity contribution >= 4 is 29.4 Å². The Balaban J connectivity index is 1.66. The molecule has 0 unspecified atom stereocenters. The molecule has 32 heavy (non-hydrogen) atoms. The predicted molar refractivity (Wildman–Crippen MR) is 126 cm³/mol. The number of anilines is 1. The fourth-order valence-corrected chi connectivity index (χ4v) is 3.80. The zero-order chi connectivity index (χ0) is 23.1. The molecule has 0 bridgehead atoms. The molecule has 3 aromatic rings. The molecule has 8 nitrogen and oxygen atoms in total. The number of hydrogen-bond donors (Lipinski definition) is 2. The number of benzene rings is 2. The van der Waals surface area contributed by atoms with E-state index in [0.717, 1.165) is 16.7 Å². The number of allylic oxidation sites excluding steroid dienone is 1. The van der Waals surface area contributed by atoms with Crippen LogP contribution in [0, 0.1) is 13.8 Å². The number of hydrogen-bond acceptors (Lipinski definition) is 6. The van der Waals surface area contributed by atoms with E-state index >= 15 is 0 Å². The van der Waals surface area contributed by atoms with Gasteiger partial charge in [0.25, 0.3) is 0 Å². The van der Waals surface area contributed by atoms with Gasteiger partial charge in [-0.1, -0.05) is 42.1 Å². The van der Waals surface area contributed by atoms with Gasteiger partial charge in [-0.2, -0.15) is 0 Å². The molecule has 1 heterocycles. The van der Waals surface area contributed by atoms with E-state index < -0.39 is 11.9 Å². The minimum absolute atomic E-state index is 0.00141. The summed E-state index contributed by atoms with van der Waals surface area (Å²) in [6, 6.07) is 12.5. The van der Waals surface area contributed by atoms with Crippen LogP contribution in [0.4, 0.5) is 10.5 Å². The number of thioether (sulfide) groups is 1. The molecule has 9 heteroatoms. The van der Waals surface area contributed by atoms with Gasteiger partial charge in [0, 0.05) is 12.2 Å². The van der Waals surface area contributed by atoms with E-state index in [4.69, 9.17) is 4.74 Å². The largest absolute Gasteiger partial charge is 0.496 e. The second kappa shape index (κ2) is 10.6. The van der Waals surface area contributed by atoms with Gasteiger partial charge in [-0.05, 0) is 43.2 Å². The molecular weight excluding hydrogens is 426 g/mol. The van der Waals surface area contributed by atoms with Crippen LogP contribution in [-0.4, -0.2) is 39.6 Å². The first-order valence-corrected chi connectivity index (χ1v) is 10.9. The van der Waals surface area contributed by atoms with Crippen molar-refractivity contribution in [1.29, 1.82) is 0 Å². The number of methoxy groups -OCH3 is 1. The molecule has 166 valence electrons. The van der Waals surface area contributed by atoms with Crippen LogP contribution in [0.15, 0.2) is 60.3 Å². The molecular formula is C23H25N5O3S. The standard InChI is InChI=1S/C23H25N5O3S/c1-5-13-28-21(17-10-6-7-12-19(17)31-4)26-27-23(28)32-14-20(29)25-22(30)24-18-11-8-9-15(2)16(18)3/h5-12H,1,13-14H2,2-4H3,(H2,24,25,29,30). The van der Waals surface area contributed by atoms with E-state index in [1.165, 1.54) is 11.8 Å². The van der Waals surface area contributed by atoms with Crippen molar-refractivity contribution in [2.24, 2.45) is 0 Å². The van der Waals surface area contributed by atoms with Gasteiger partial charge >= 0.3 is 6.03 Å². The van der Waals surface area contributed by atoms with Crippen molar-refractivity contribution in [3.8, 4) is 17.1 Å². The second-order valence-corrected chi connectivity index (χ2v) is 7.89. The molecule has 0 aliphatic carbocycles.